The Labute approximate surface area is 190 Å². The number of hydrogen-bond donors (Lipinski definition) is 1. The molecule has 2 aromatic rings. The summed E-state index contributed by atoms with van der Waals surface area (Å²) in [6, 6.07) is 18.1. The second-order valence-corrected chi connectivity index (χ2v) is 8.74. The van der Waals surface area contributed by atoms with E-state index in [0.29, 0.717) is 6.29 Å². The first-order valence-electron chi connectivity index (χ1n) is 12.2. The summed E-state index contributed by atoms with van der Waals surface area (Å²) < 4.78 is 0. The lowest BCUT2D eigenvalue weighted by molar-refractivity contribution is -0.104. The van der Waals surface area contributed by atoms with Gasteiger partial charge in [0, 0.05) is 12.7 Å². The SMILES string of the molecule is C=CC=O.CCCCCCCC1CCC(c2ccc(-c3ccc(NC)cc3)cc2)CC1. The highest BCUT2D eigenvalue weighted by atomic mass is 16.1. The van der Waals surface area contributed by atoms with E-state index in [9.17, 15) is 0 Å². The number of benzene rings is 2. The van der Waals surface area contributed by atoms with Crippen molar-refractivity contribution in [1.82, 2.24) is 0 Å². The molecule has 3 rings (SSSR count). The monoisotopic (exact) mass is 419 g/mol. The highest BCUT2D eigenvalue weighted by Gasteiger charge is 2.22. The van der Waals surface area contributed by atoms with Gasteiger partial charge in [-0.25, -0.2) is 0 Å². The van der Waals surface area contributed by atoms with Gasteiger partial charge in [-0.1, -0.05) is 88.4 Å². The fourth-order valence-corrected chi connectivity index (χ4v) is 4.60. The molecule has 0 bridgehead atoms. The molecular formula is C29H41NO. The topological polar surface area (TPSA) is 29.1 Å². The van der Waals surface area contributed by atoms with Crippen LogP contribution in [0.15, 0.2) is 61.2 Å². The molecule has 0 aliphatic heterocycles. The number of aldehydes is 1. The van der Waals surface area contributed by atoms with Crippen molar-refractivity contribution in [3.8, 4) is 11.1 Å². The second-order valence-electron chi connectivity index (χ2n) is 8.74. The summed E-state index contributed by atoms with van der Waals surface area (Å²) in [7, 11) is 1.96. The predicted molar refractivity (Wildman–Crippen MR) is 136 cm³/mol. The number of rotatable bonds is 10. The van der Waals surface area contributed by atoms with E-state index in [2.05, 4.69) is 67.4 Å². The molecule has 31 heavy (non-hydrogen) atoms. The molecule has 2 heteroatoms. The van der Waals surface area contributed by atoms with Crippen molar-refractivity contribution in [2.24, 2.45) is 5.92 Å². The Morgan fingerprint density at radius 3 is 1.94 bits per heavy atom. The Morgan fingerprint density at radius 1 is 0.871 bits per heavy atom. The van der Waals surface area contributed by atoms with Crippen LogP contribution in [0, 0.1) is 5.92 Å². The average Bonchev–Trinajstić information content (AvgIpc) is 2.84. The first kappa shape index (κ1) is 24.9. The minimum absolute atomic E-state index is 0.639. The molecule has 0 saturated heterocycles. The highest BCUT2D eigenvalue weighted by Crippen LogP contribution is 2.38. The summed E-state index contributed by atoms with van der Waals surface area (Å²) in [4.78, 5) is 9.06. The molecule has 0 radical (unpaired) electrons. The van der Waals surface area contributed by atoms with Crippen molar-refractivity contribution < 1.29 is 4.79 Å². The summed E-state index contributed by atoms with van der Waals surface area (Å²) in [6.45, 7) is 5.41. The van der Waals surface area contributed by atoms with Crippen molar-refractivity contribution in [3.63, 3.8) is 0 Å². The van der Waals surface area contributed by atoms with Crippen molar-refractivity contribution in [3.05, 3.63) is 66.7 Å². The molecule has 1 aliphatic rings. The average molecular weight is 420 g/mol. The summed E-state index contributed by atoms with van der Waals surface area (Å²) >= 11 is 0. The van der Waals surface area contributed by atoms with Crippen LogP contribution in [0.4, 0.5) is 5.69 Å². The van der Waals surface area contributed by atoms with Gasteiger partial charge in [0.1, 0.15) is 6.29 Å². The highest BCUT2D eigenvalue weighted by molar-refractivity contribution is 5.66. The van der Waals surface area contributed by atoms with Crippen LogP contribution in [-0.2, 0) is 4.79 Å². The van der Waals surface area contributed by atoms with E-state index in [1.54, 1.807) is 5.56 Å². The van der Waals surface area contributed by atoms with E-state index in [4.69, 9.17) is 4.79 Å². The van der Waals surface area contributed by atoms with E-state index in [-0.39, 0.29) is 0 Å². The molecule has 0 aromatic heterocycles. The first-order valence-corrected chi connectivity index (χ1v) is 12.2. The summed E-state index contributed by atoms with van der Waals surface area (Å²) in [5, 5.41) is 3.18. The van der Waals surface area contributed by atoms with Crippen LogP contribution in [-0.4, -0.2) is 13.3 Å². The lowest BCUT2D eigenvalue weighted by Gasteiger charge is -2.29. The second kappa shape index (κ2) is 14.6. The van der Waals surface area contributed by atoms with Gasteiger partial charge in [0.05, 0.1) is 0 Å². The minimum Gasteiger partial charge on any atom is -0.388 e. The zero-order valence-corrected chi connectivity index (χ0v) is 19.6. The van der Waals surface area contributed by atoms with Gasteiger partial charge in [-0.05, 0) is 72.4 Å². The Hall–Kier alpha value is -2.35. The number of allylic oxidation sites excluding steroid dienone is 1. The molecule has 0 spiro atoms. The summed E-state index contributed by atoms with van der Waals surface area (Å²) in [5.41, 5.74) is 5.33. The summed E-state index contributed by atoms with van der Waals surface area (Å²) in [6.07, 6.45) is 16.1. The van der Waals surface area contributed by atoms with Gasteiger partial charge >= 0.3 is 0 Å². The van der Waals surface area contributed by atoms with Crippen LogP contribution < -0.4 is 5.32 Å². The van der Waals surface area contributed by atoms with Crippen molar-refractivity contribution in [2.45, 2.75) is 77.0 Å². The van der Waals surface area contributed by atoms with E-state index in [0.717, 1.165) is 17.5 Å². The smallest absolute Gasteiger partial charge is 0.142 e. The van der Waals surface area contributed by atoms with Crippen LogP contribution in [0.2, 0.25) is 0 Å². The standard InChI is InChI=1S/C26H37N.C3H4O/c1-3-4-5-6-7-8-21-9-11-22(12-10-21)23-13-15-24(16-14-23)25-17-19-26(27-2)20-18-25;1-2-3-4/h13-22,27H,3-12H2,1-2H3;2-3H,1H2. The Kier molecular flexibility index (Phi) is 11.8. The van der Waals surface area contributed by atoms with Crippen LogP contribution in [0.3, 0.4) is 0 Å². The molecule has 1 aliphatic carbocycles. The third kappa shape index (κ3) is 8.73. The quantitative estimate of drug-likeness (QED) is 0.238. The van der Waals surface area contributed by atoms with E-state index >= 15 is 0 Å². The van der Waals surface area contributed by atoms with Crippen LogP contribution in [0.25, 0.3) is 11.1 Å². The Balaban J connectivity index is 0.000000785. The van der Waals surface area contributed by atoms with Crippen molar-refractivity contribution in [1.29, 1.82) is 0 Å². The number of carbonyl (C=O) groups excluding carboxylic acids is 1. The van der Waals surface area contributed by atoms with Gasteiger partial charge in [-0.2, -0.15) is 0 Å². The predicted octanol–water partition coefficient (Wildman–Crippen LogP) is 8.40. The third-order valence-electron chi connectivity index (χ3n) is 6.55. The van der Waals surface area contributed by atoms with Gasteiger partial charge < -0.3 is 5.32 Å². The molecule has 0 unspecified atom stereocenters. The molecule has 2 aromatic carbocycles. The lowest BCUT2D eigenvalue weighted by Crippen LogP contribution is -2.13. The van der Waals surface area contributed by atoms with E-state index in [1.165, 1.54) is 81.4 Å². The maximum Gasteiger partial charge on any atom is 0.142 e. The summed E-state index contributed by atoms with van der Waals surface area (Å²) in [5.74, 6) is 1.77. The van der Waals surface area contributed by atoms with Crippen LogP contribution in [0.5, 0.6) is 0 Å². The van der Waals surface area contributed by atoms with Crippen LogP contribution >= 0.6 is 0 Å². The molecule has 0 amide bonds. The fraction of sp³-hybridized carbons (Fsp3) is 0.483. The molecule has 0 heterocycles. The van der Waals surface area contributed by atoms with Crippen molar-refractivity contribution in [2.75, 3.05) is 12.4 Å². The maximum absolute atomic E-state index is 9.06. The number of anilines is 1. The number of carbonyl (C=O) groups is 1. The maximum atomic E-state index is 9.06. The fourth-order valence-electron chi connectivity index (χ4n) is 4.60. The zero-order chi connectivity index (χ0) is 22.3. The lowest BCUT2D eigenvalue weighted by atomic mass is 9.77. The van der Waals surface area contributed by atoms with Crippen LogP contribution in [0.1, 0.15) is 82.6 Å². The number of unbranched alkanes of at least 4 members (excludes halogenated alkanes) is 4. The Bertz CT molecular complexity index is 733. The van der Waals surface area contributed by atoms with Crippen molar-refractivity contribution >= 4 is 12.0 Å². The van der Waals surface area contributed by atoms with Gasteiger partial charge in [0.15, 0.2) is 0 Å². The number of nitrogens with one attached hydrogen (secondary N) is 1. The largest absolute Gasteiger partial charge is 0.388 e. The van der Waals surface area contributed by atoms with Gasteiger partial charge in [-0.15, -0.1) is 0 Å². The van der Waals surface area contributed by atoms with E-state index < -0.39 is 0 Å². The molecule has 1 saturated carbocycles. The molecule has 168 valence electrons. The minimum atomic E-state index is 0.639. The van der Waals surface area contributed by atoms with Gasteiger partial charge in [0.2, 0.25) is 0 Å². The number of hydrogen-bond acceptors (Lipinski definition) is 2. The normalized spacial score (nSPS) is 17.9. The van der Waals surface area contributed by atoms with Gasteiger partial charge in [-0.3, -0.25) is 4.79 Å². The Morgan fingerprint density at radius 2 is 1.42 bits per heavy atom. The first-order chi connectivity index (χ1) is 15.2. The molecule has 1 fully saturated rings. The third-order valence-corrected chi connectivity index (χ3v) is 6.55. The molecule has 2 nitrogen and oxygen atoms in total. The molecule has 1 N–H and O–H groups in total. The molecular weight excluding hydrogens is 378 g/mol. The molecule has 0 atom stereocenters. The van der Waals surface area contributed by atoms with E-state index in [1.807, 2.05) is 7.05 Å². The van der Waals surface area contributed by atoms with Gasteiger partial charge in [0.25, 0.3) is 0 Å². The zero-order valence-electron chi connectivity index (χ0n) is 19.6.